The Bertz CT molecular complexity index is 548. The van der Waals surface area contributed by atoms with E-state index in [1.54, 1.807) is 6.07 Å². The first-order chi connectivity index (χ1) is 7.13. The standard InChI is InChI=1S/C9H8BrN3O2/c1-4-5(10)2-3-6-7(4)12-9(15-6)8(11)13-14/h2-3,14H,1H3,(H2,11,13). The van der Waals surface area contributed by atoms with Crippen molar-refractivity contribution < 1.29 is 9.62 Å². The topological polar surface area (TPSA) is 84.6 Å². The molecule has 0 spiro atoms. The number of fused-ring (bicyclic) bond motifs is 1. The second-order valence-corrected chi connectivity index (χ2v) is 3.88. The number of aryl methyl sites for hydroxylation is 1. The van der Waals surface area contributed by atoms with Crippen molar-refractivity contribution in [1.29, 1.82) is 0 Å². The van der Waals surface area contributed by atoms with Crippen molar-refractivity contribution in [1.82, 2.24) is 4.98 Å². The second-order valence-electron chi connectivity index (χ2n) is 3.02. The monoisotopic (exact) mass is 269 g/mol. The lowest BCUT2D eigenvalue weighted by Crippen LogP contribution is -2.13. The summed E-state index contributed by atoms with van der Waals surface area (Å²) in [5, 5.41) is 11.3. The number of halogens is 1. The third-order valence-electron chi connectivity index (χ3n) is 2.07. The van der Waals surface area contributed by atoms with Crippen LogP contribution in [0.2, 0.25) is 0 Å². The molecule has 1 heterocycles. The van der Waals surface area contributed by atoms with E-state index in [4.69, 9.17) is 15.4 Å². The van der Waals surface area contributed by atoms with Gasteiger partial charge in [0.15, 0.2) is 5.58 Å². The van der Waals surface area contributed by atoms with Crippen molar-refractivity contribution in [2.45, 2.75) is 6.92 Å². The van der Waals surface area contributed by atoms with Gasteiger partial charge in [-0.1, -0.05) is 21.1 Å². The number of aromatic nitrogens is 1. The number of hydrogen-bond donors (Lipinski definition) is 2. The lowest BCUT2D eigenvalue weighted by Gasteiger charge is -1.95. The Kier molecular flexibility index (Phi) is 2.36. The Hall–Kier alpha value is -1.56. The van der Waals surface area contributed by atoms with Gasteiger partial charge in [0.05, 0.1) is 0 Å². The quantitative estimate of drug-likeness (QED) is 0.359. The average molecular weight is 270 g/mol. The van der Waals surface area contributed by atoms with Gasteiger partial charge in [-0.2, -0.15) is 0 Å². The molecule has 15 heavy (non-hydrogen) atoms. The van der Waals surface area contributed by atoms with Gasteiger partial charge in [-0.3, -0.25) is 0 Å². The van der Waals surface area contributed by atoms with Crippen LogP contribution in [-0.2, 0) is 0 Å². The molecule has 0 saturated heterocycles. The lowest BCUT2D eigenvalue weighted by molar-refractivity contribution is 0.317. The van der Waals surface area contributed by atoms with Crippen LogP contribution in [0, 0.1) is 6.92 Å². The summed E-state index contributed by atoms with van der Waals surface area (Å²) in [6.07, 6.45) is 0. The molecular weight excluding hydrogens is 262 g/mol. The van der Waals surface area contributed by atoms with Crippen LogP contribution in [0.3, 0.4) is 0 Å². The van der Waals surface area contributed by atoms with Crippen molar-refractivity contribution in [3.63, 3.8) is 0 Å². The van der Waals surface area contributed by atoms with Gasteiger partial charge < -0.3 is 15.4 Å². The minimum Gasteiger partial charge on any atom is -0.434 e. The summed E-state index contributed by atoms with van der Waals surface area (Å²) in [5.41, 5.74) is 7.64. The zero-order chi connectivity index (χ0) is 11.0. The highest BCUT2D eigenvalue weighted by atomic mass is 79.9. The summed E-state index contributed by atoms with van der Waals surface area (Å²) in [6, 6.07) is 3.63. The molecule has 1 aromatic carbocycles. The number of benzene rings is 1. The zero-order valence-electron chi connectivity index (χ0n) is 7.86. The van der Waals surface area contributed by atoms with E-state index in [0.29, 0.717) is 11.1 Å². The maximum atomic E-state index is 8.49. The summed E-state index contributed by atoms with van der Waals surface area (Å²) < 4.78 is 6.25. The third-order valence-corrected chi connectivity index (χ3v) is 2.93. The summed E-state index contributed by atoms with van der Waals surface area (Å²) in [5.74, 6) is -0.0181. The Balaban J connectivity index is 2.71. The largest absolute Gasteiger partial charge is 0.434 e. The molecule has 78 valence electrons. The first-order valence-corrected chi connectivity index (χ1v) is 4.96. The van der Waals surface area contributed by atoms with Crippen LogP contribution < -0.4 is 5.73 Å². The van der Waals surface area contributed by atoms with Crippen LogP contribution in [0.4, 0.5) is 0 Å². The van der Waals surface area contributed by atoms with Crippen LogP contribution in [0.5, 0.6) is 0 Å². The molecule has 0 aliphatic carbocycles. The van der Waals surface area contributed by atoms with E-state index in [9.17, 15) is 0 Å². The first-order valence-electron chi connectivity index (χ1n) is 4.17. The van der Waals surface area contributed by atoms with E-state index in [0.717, 1.165) is 10.0 Å². The van der Waals surface area contributed by atoms with Crippen LogP contribution in [0.15, 0.2) is 26.2 Å². The van der Waals surface area contributed by atoms with E-state index in [1.807, 2.05) is 13.0 Å². The van der Waals surface area contributed by atoms with E-state index in [-0.39, 0.29) is 11.7 Å². The van der Waals surface area contributed by atoms with Crippen molar-refractivity contribution in [2.24, 2.45) is 10.9 Å². The average Bonchev–Trinajstić information content (AvgIpc) is 2.67. The molecule has 0 fully saturated rings. The van der Waals surface area contributed by atoms with Crippen LogP contribution >= 0.6 is 15.9 Å². The van der Waals surface area contributed by atoms with Crippen LogP contribution in [0.25, 0.3) is 11.1 Å². The molecule has 2 aromatic rings. The number of nitrogens with zero attached hydrogens (tertiary/aromatic N) is 2. The van der Waals surface area contributed by atoms with E-state index in [1.165, 1.54) is 0 Å². The van der Waals surface area contributed by atoms with Gasteiger partial charge in [-0.25, -0.2) is 4.98 Å². The lowest BCUT2D eigenvalue weighted by atomic mass is 10.2. The minimum absolute atomic E-state index is 0.119. The fourth-order valence-electron chi connectivity index (χ4n) is 1.25. The molecule has 1 aromatic heterocycles. The zero-order valence-corrected chi connectivity index (χ0v) is 9.45. The van der Waals surface area contributed by atoms with E-state index >= 15 is 0 Å². The maximum Gasteiger partial charge on any atom is 0.266 e. The summed E-state index contributed by atoms with van der Waals surface area (Å²) in [6.45, 7) is 1.91. The predicted octanol–water partition coefficient (Wildman–Crippen LogP) is 1.99. The molecule has 0 unspecified atom stereocenters. The van der Waals surface area contributed by atoms with Crippen molar-refractivity contribution in [2.75, 3.05) is 0 Å². The molecule has 0 atom stereocenters. The highest BCUT2D eigenvalue weighted by Gasteiger charge is 2.12. The molecule has 0 bridgehead atoms. The fourth-order valence-corrected chi connectivity index (χ4v) is 1.57. The molecule has 2 rings (SSSR count). The van der Waals surface area contributed by atoms with E-state index < -0.39 is 0 Å². The minimum atomic E-state index is -0.137. The SMILES string of the molecule is Cc1c(Br)ccc2oc(/C(N)=N/O)nc12. The van der Waals surface area contributed by atoms with Crippen molar-refractivity contribution in [3.8, 4) is 0 Å². The molecule has 0 amide bonds. The number of rotatable bonds is 1. The van der Waals surface area contributed by atoms with Gasteiger partial charge >= 0.3 is 0 Å². The Morgan fingerprint density at radius 2 is 2.33 bits per heavy atom. The number of oxime groups is 1. The molecule has 6 heteroatoms. The summed E-state index contributed by atoms with van der Waals surface area (Å²) in [4.78, 5) is 4.13. The Morgan fingerprint density at radius 3 is 3.00 bits per heavy atom. The molecule has 0 aliphatic heterocycles. The van der Waals surface area contributed by atoms with Crippen molar-refractivity contribution >= 4 is 32.9 Å². The number of amidine groups is 1. The normalized spacial score (nSPS) is 12.3. The van der Waals surface area contributed by atoms with E-state index in [2.05, 4.69) is 26.1 Å². The predicted molar refractivity (Wildman–Crippen MR) is 59.0 cm³/mol. The second kappa shape index (κ2) is 3.54. The molecule has 0 aliphatic rings. The van der Waals surface area contributed by atoms with Gasteiger partial charge in [0, 0.05) is 4.47 Å². The smallest absolute Gasteiger partial charge is 0.266 e. The van der Waals surface area contributed by atoms with Gasteiger partial charge in [0.25, 0.3) is 5.89 Å². The molecular formula is C9H8BrN3O2. The maximum absolute atomic E-state index is 8.49. The Labute approximate surface area is 93.7 Å². The van der Waals surface area contributed by atoms with Crippen LogP contribution in [0.1, 0.15) is 11.5 Å². The molecule has 0 saturated carbocycles. The van der Waals surface area contributed by atoms with Gasteiger partial charge in [-0.05, 0) is 24.6 Å². The molecule has 0 radical (unpaired) electrons. The number of oxazole rings is 1. The summed E-state index contributed by atoms with van der Waals surface area (Å²) in [7, 11) is 0. The first kappa shape index (κ1) is 9.97. The van der Waals surface area contributed by atoms with Crippen molar-refractivity contribution in [3.05, 3.63) is 28.1 Å². The third kappa shape index (κ3) is 1.56. The summed E-state index contributed by atoms with van der Waals surface area (Å²) >= 11 is 3.39. The highest BCUT2D eigenvalue weighted by molar-refractivity contribution is 9.10. The number of hydrogen-bond acceptors (Lipinski definition) is 4. The van der Waals surface area contributed by atoms with Gasteiger partial charge in [0.1, 0.15) is 5.52 Å². The number of nitrogens with two attached hydrogens (primary N) is 1. The fraction of sp³-hybridized carbons (Fsp3) is 0.111. The van der Waals surface area contributed by atoms with Crippen LogP contribution in [-0.4, -0.2) is 16.0 Å². The highest BCUT2D eigenvalue weighted by Crippen LogP contribution is 2.25. The van der Waals surface area contributed by atoms with Gasteiger partial charge in [0.2, 0.25) is 5.84 Å². The Morgan fingerprint density at radius 1 is 1.60 bits per heavy atom. The molecule has 5 nitrogen and oxygen atoms in total. The molecule has 3 N–H and O–H groups in total. The van der Waals surface area contributed by atoms with Gasteiger partial charge in [-0.15, -0.1) is 0 Å².